The van der Waals surface area contributed by atoms with Crippen LogP contribution in [-0.4, -0.2) is 18.1 Å². The third kappa shape index (κ3) is 3.62. The number of rotatable bonds is 4. The van der Waals surface area contributed by atoms with E-state index in [1.807, 2.05) is 24.3 Å². The van der Waals surface area contributed by atoms with Gasteiger partial charge >= 0.3 is 0 Å². The molecule has 1 amide bonds. The second-order valence-corrected chi connectivity index (χ2v) is 4.11. The Hall–Kier alpha value is -2.75. The van der Waals surface area contributed by atoms with Crippen molar-refractivity contribution >= 4 is 17.7 Å². The topological polar surface area (TPSA) is 58.6 Å². The molecule has 4 nitrogen and oxygen atoms in total. The Balaban J connectivity index is 2.06. The normalized spacial score (nSPS) is 10.4. The molecule has 0 aliphatic rings. The number of hydrogen-bond acceptors (Lipinski definition) is 3. The molecule has 0 saturated carbocycles. The molecule has 2 rings (SSSR count). The molecule has 0 aliphatic carbocycles. The van der Waals surface area contributed by atoms with Crippen molar-refractivity contribution in [3.8, 4) is 11.5 Å². The predicted molar refractivity (Wildman–Crippen MR) is 78.8 cm³/mol. The number of benzene rings is 2. The molecule has 0 aromatic heterocycles. The van der Waals surface area contributed by atoms with Crippen molar-refractivity contribution in [2.75, 3.05) is 12.4 Å². The van der Waals surface area contributed by atoms with E-state index in [9.17, 15) is 9.90 Å². The fourth-order valence-electron chi connectivity index (χ4n) is 1.74. The number of phenolic OH excluding ortho intramolecular Hbond substituents is 1. The number of methoxy groups -OCH3 is 1. The molecule has 102 valence electrons. The van der Waals surface area contributed by atoms with Gasteiger partial charge in [-0.05, 0) is 24.3 Å². The van der Waals surface area contributed by atoms with Crippen LogP contribution in [0.1, 0.15) is 5.56 Å². The van der Waals surface area contributed by atoms with Crippen LogP contribution in [0.4, 0.5) is 5.69 Å². The van der Waals surface area contributed by atoms with Gasteiger partial charge in [-0.15, -0.1) is 0 Å². The summed E-state index contributed by atoms with van der Waals surface area (Å²) in [5.41, 5.74) is 1.36. The number of carbonyl (C=O) groups excluding carboxylic acids is 1. The predicted octanol–water partition coefficient (Wildman–Crippen LogP) is 3.05. The maximum Gasteiger partial charge on any atom is 0.248 e. The van der Waals surface area contributed by atoms with Crippen LogP contribution in [0.15, 0.2) is 54.6 Å². The number of para-hydroxylation sites is 1. The van der Waals surface area contributed by atoms with E-state index in [4.69, 9.17) is 4.74 Å². The zero-order valence-electron chi connectivity index (χ0n) is 11.0. The number of carbonyl (C=O) groups is 1. The van der Waals surface area contributed by atoms with Crippen LogP contribution in [0, 0.1) is 0 Å². The Labute approximate surface area is 117 Å². The molecule has 0 bridgehead atoms. The molecule has 2 aromatic rings. The van der Waals surface area contributed by atoms with Crippen LogP contribution < -0.4 is 10.1 Å². The number of amides is 1. The highest BCUT2D eigenvalue weighted by atomic mass is 16.5. The van der Waals surface area contributed by atoms with E-state index in [0.29, 0.717) is 11.4 Å². The number of ether oxygens (including phenoxy) is 1. The van der Waals surface area contributed by atoms with Crippen molar-refractivity contribution in [1.82, 2.24) is 0 Å². The first kappa shape index (κ1) is 13.7. The Morgan fingerprint density at radius 1 is 1.20 bits per heavy atom. The van der Waals surface area contributed by atoms with Gasteiger partial charge in [0.15, 0.2) is 0 Å². The minimum absolute atomic E-state index is 0.108. The fourth-order valence-corrected chi connectivity index (χ4v) is 1.74. The summed E-state index contributed by atoms with van der Waals surface area (Å²) < 4.78 is 5.20. The van der Waals surface area contributed by atoms with Gasteiger partial charge in [-0.3, -0.25) is 4.79 Å². The minimum atomic E-state index is -0.276. The summed E-state index contributed by atoms with van der Waals surface area (Å²) >= 11 is 0. The Kier molecular flexibility index (Phi) is 4.39. The molecule has 0 atom stereocenters. The quantitative estimate of drug-likeness (QED) is 0.839. The highest BCUT2D eigenvalue weighted by Crippen LogP contribution is 2.19. The molecule has 2 N–H and O–H groups in total. The van der Waals surface area contributed by atoms with Crippen molar-refractivity contribution in [3.63, 3.8) is 0 Å². The Bertz CT molecular complexity index is 635. The lowest BCUT2D eigenvalue weighted by atomic mass is 10.2. The molecule has 0 saturated heterocycles. The summed E-state index contributed by atoms with van der Waals surface area (Å²) in [6, 6.07) is 13.8. The van der Waals surface area contributed by atoms with Gasteiger partial charge in [0.25, 0.3) is 0 Å². The Morgan fingerprint density at radius 3 is 2.75 bits per heavy atom. The van der Waals surface area contributed by atoms with Crippen molar-refractivity contribution in [2.24, 2.45) is 0 Å². The van der Waals surface area contributed by atoms with Gasteiger partial charge in [0.2, 0.25) is 5.91 Å². The van der Waals surface area contributed by atoms with Crippen molar-refractivity contribution < 1.29 is 14.6 Å². The zero-order valence-corrected chi connectivity index (χ0v) is 11.0. The van der Waals surface area contributed by atoms with Gasteiger partial charge < -0.3 is 15.2 Å². The molecule has 0 fully saturated rings. The van der Waals surface area contributed by atoms with Crippen LogP contribution >= 0.6 is 0 Å². The van der Waals surface area contributed by atoms with Gasteiger partial charge in [-0.2, -0.15) is 0 Å². The van der Waals surface area contributed by atoms with Gasteiger partial charge in [-0.25, -0.2) is 0 Å². The maximum absolute atomic E-state index is 11.8. The molecule has 0 heterocycles. The first-order valence-electron chi connectivity index (χ1n) is 6.10. The van der Waals surface area contributed by atoms with E-state index in [1.54, 1.807) is 31.4 Å². The van der Waals surface area contributed by atoms with Crippen LogP contribution in [0.2, 0.25) is 0 Å². The first-order valence-corrected chi connectivity index (χ1v) is 6.10. The highest BCUT2D eigenvalue weighted by molar-refractivity contribution is 6.02. The summed E-state index contributed by atoms with van der Waals surface area (Å²) in [6.45, 7) is 0. The van der Waals surface area contributed by atoms with Crippen molar-refractivity contribution in [2.45, 2.75) is 0 Å². The second-order valence-electron chi connectivity index (χ2n) is 4.11. The molecule has 0 spiro atoms. The van der Waals surface area contributed by atoms with E-state index in [1.165, 1.54) is 12.1 Å². The largest absolute Gasteiger partial charge is 0.508 e. The maximum atomic E-state index is 11.8. The molecule has 4 heteroatoms. The van der Waals surface area contributed by atoms with Gasteiger partial charge in [0, 0.05) is 23.4 Å². The van der Waals surface area contributed by atoms with Gasteiger partial charge in [-0.1, -0.05) is 24.3 Å². The fraction of sp³-hybridized carbons (Fsp3) is 0.0625. The van der Waals surface area contributed by atoms with Crippen molar-refractivity contribution in [3.05, 3.63) is 60.2 Å². The third-order valence-electron chi connectivity index (χ3n) is 2.67. The lowest BCUT2D eigenvalue weighted by Gasteiger charge is -2.04. The monoisotopic (exact) mass is 269 g/mol. The molecular weight excluding hydrogens is 254 g/mol. The number of anilines is 1. The standard InChI is InChI=1S/C16H15NO3/c1-20-15-8-3-2-5-12(15)9-10-16(19)17-13-6-4-7-14(18)11-13/h2-11,18H,1H3,(H,17,19)/b10-9+. The average Bonchev–Trinajstić information content (AvgIpc) is 2.45. The number of phenols is 1. The van der Waals surface area contributed by atoms with E-state index in [2.05, 4.69) is 5.32 Å². The zero-order chi connectivity index (χ0) is 14.4. The van der Waals surface area contributed by atoms with E-state index < -0.39 is 0 Å². The average molecular weight is 269 g/mol. The molecule has 0 unspecified atom stereocenters. The first-order chi connectivity index (χ1) is 9.69. The number of hydrogen-bond donors (Lipinski definition) is 2. The van der Waals surface area contributed by atoms with Crippen LogP contribution in [-0.2, 0) is 4.79 Å². The highest BCUT2D eigenvalue weighted by Gasteiger charge is 2.00. The minimum Gasteiger partial charge on any atom is -0.508 e. The third-order valence-corrected chi connectivity index (χ3v) is 2.67. The second kappa shape index (κ2) is 6.43. The van der Waals surface area contributed by atoms with Gasteiger partial charge in [0.1, 0.15) is 11.5 Å². The Morgan fingerprint density at radius 2 is 2.00 bits per heavy atom. The molecular formula is C16H15NO3. The molecule has 20 heavy (non-hydrogen) atoms. The van der Waals surface area contributed by atoms with E-state index >= 15 is 0 Å². The van der Waals surface area contributed by atoms with E-state index in [-0.39, 0.29) is 11.7 Å². The SMILES string of the molecule is COc1ccccc1/C=C/C(=O)Nc1cccc(O)c1. The van der Waals surface area contributed by atoms with Crippen molar-refractivity contribution in [1.29, 1.82) is 0 Å². The summed E-state index contributed by atoms with van der Waals surface area (Å²) in [5.74, 6) is 0.534. The molecule has 0 aliphatic heterocycles. The summed E-state index contributed by atoms with van der Waals surface area (Å²) in [5, 5.41) is 12.0. The summed E-state index contributed by atoms with van der Waals surface area (Å²) in [4.78, 5) is 11.8. The molecule has 2 aromatic carbocycles. The lowest BCUT2D eigenvalue weighted by molar-refractivity contribution is -0.111. The van der Waals surface area contributed by atoms with Crippen LogP contribution in [0.3, 0.4) is 0 Å². The smallest absolute Gasteiger partial charge is 0.248 e. The summed E-state index contributed by atoms with van der Waals surface area (Å²) in [7, 11) is 1.58. The summed E-state index contributed by atoms with van der Waals surface area (Å²) in [6.07, 6.45) is 3.10. The van der Waals surface area contributed by atoms with Gasteiger partial charge in [0.05, 0.1) is 7.11 Å². The number of aromatic hydroxyl groups is 1. The van der Waals surface area contributed by atoms with Crippen LogP contribution in [0.5, 0.6) is 11.5 Å². The van der Waals surface area contributed by atoms with E-state index in [0.717, 1.165) is 5.56 Å². The lowest BCUT2D eigenvalue weighted by Crippen LogP contribution is -2.07. The number of nitrogens with one attached hydrogen (secondary N) is 1. The van der Waals surface area contributed by atoms with Crippen LogP contribution in [0.25, 0.3) is 6.08 Å². The molecule has 0 radical (unpaired) electrons.